The molecule has 0 spiro atoms. The second-order valence-corrected chi connectivity index (χ2v) is 14.0. The van der Waals surface area contributed by atoms with Gasteiger partial charge in [0.15, 0.2) is 11.5 Å². The van der Waals surface area contributed by atoms with Crippen LogP contribution in [0, 0.1) is 24.4 Å². The molecule has 1 amide bonds. The second-order valence-electron chi connectivity index (χ2n) is 14.0. The standard InChI is InChI=1S/C38H40F3N11O4/c1-5-56-25-16-49(3)37(54)32-13-24(45-38-42-9-8-29(46-38)26-10-23(40)12-30-33(26)50(17-25)20(2)44-30)15-51(32)35-27-14-43-52(31-7-6-22(39)11-28(31)41)36(27)48-34(47-35)21(18-53)19-55-4/h6-12,14,21,24-25,32,53H,5,13,15-19H2,1-4H3,(H,42,45,46)/t21?,24-,25-,32-/m0/s1. The van der Waals surface area contributed by atoms with E-state index < -0.39 is 41.6 Å². The van der Waals surface area contributed by atoms with Crippen molar-refractivity contribution in [3.63, 3.8) is 0 Å². The summed E-state index contributed by atoms with van der Waals surface area (Å²) in [6.07, 6.45) is 2.89. The van der Waals surface area contributed by atoms with Crippen LogP contribution < -0.4 is 10.2 Å². The molecule has 4 aromatic heterocycles. The van der Waals surface area contributed by atoms with E-state index in [1.807, 2.05) is 23.3 Å². The Morgan fingerprint density at radius 1 is 1.04 bits per heavy atom. The third-order valence-electron chi connectivity index (χ3n) is 10.3. The van der Waals surface area contributed by atoms with Gasteiger partial charge in [-0.2, -0.15) is 5.10 Å². The van der Waals surface area contributed by atoms with Crippen LogP contribution in [0.1, 0.15) is 30.9 Å². The number of aryl methyl sites for hydroxylation is 1. The van der Waals surface area contributed by atoms with Crippen molar-refractivity contribution in [3.8, 4) is 16.9 Å². The van der Waals surface area contributed by atoms with Gasteiger partial charge in [-0.3, -0.25) is 4.79 Å². The fourth-order valence-electron chi connectivity index (χ4n) is 7.74. The lowest BCUT2D eigenvalue weighted by Gasteiger charge is -2.31. The van der Waals surface area contributed by atoms with Crippen LogP contribution in [0.3, 0.4) is 0 Å². The molecule has 2 aliphatic heterocycles. The maximum absolute atomic E-state index is 15.2. The number of nitrogens with zero attached hydrogens (tertiary/aromatic N) is 10. The Hall–Kier alpha value is -5.72. The van der Waals surface area contributed by atoms with Crippen molar-refractivity contribution in [3.05, 3.63) is 77.9 Å². The van der Waals surface area contributed by atoms with Crippen molar-refractivity contribution in [1.29, 1.82) is 0 Å². The number of methoxy groups -OCH3 is 1. The van der Waals surface area contributed by atoms with Crippen LogP contribution in [0.2, 0.25) is 0 Å². The molecular weight excluding hydrogens is 731 g/mol. The van der Waals surface area contributed by atoms with E-state index in [0.29, 0.717) is 58.9 Å². The van der Waals surface area contributed by atoms with E-state index in [1.165, 1.54) is 36.2 Å². The number of anilines is 2. The van der Waals surface area contributed by atoms with Crippen LogP contribution in [0.15, 0.2) is 48.8 Å². The van der Waals surface area contributed by atoms with Crippen LogP contribution in [0.5, 0.6) is 0 Å². The molecule has 4 bridgehead atoms. The number of rotatable bonds is 8. The van der Waals surface area contributed by atoms with E-state index in [4.69, 9.17) is 24.4 Å². The van der Waals surface area contributed by atoms with Crippen molar-refractivity contribution < 1.29 is 32.5 Å². The first-order valence-corrected chi connectivity index (χ1v) is 18.3. The van der Waals surface area contributed by atoms with Crippen LogP contribution >= 0.6 is 0 Å². The number of hydrogen-bond acceptors (Lipinski definition) is 12. The molecule has 292 valence electrons. The first-order chi connectivity index (χ1) is 27.1. The molecule has 4 atom stereocenters. The van der Waals surface area contributed by atoms with Crippen molar-refractivity contribution in [2.75, 3.05) is 57.3 Å². The van der Waals surface area contributed by atoms with Gasteiger partial charge >= 0.3 is 0 Å². The number of halogens is 3. The first kappa shape index (κ1) is 37.2. The van der Waals surface area contributed by atoms with Gasteiger partial charge in [0.05, 0.1) is 60.1 Å². The van der Waals surface area contributed by atoms with Crippen LogP contribution in [0.25, 0.3) is 39.0 Å². The van der Waals surface area contributed by atoms with E-state index in [9.17, 15) is 14.3 Å². The Morgan fingerprint density at radius 3 is 2.64 bits per heavy atom. The Morgan fingerprint density at radius 2 is 1.88 bits per heavy atom. The van der Waals surface area contributed by atoms with E-state index >= 15 is 8.78 Å². The van der Waals surface area contributed by atoms with E-state index in [2.05, 4.69) is 20.4 Å². The predicted molar refractivity (Wildman–Crippen MR) is 200 cm³/mol. The molecule has 8 rings (SSSR count). The highest BCUT2D eigenvalue weighted by molar-refractivity contribution is 5.94. The third kappa shape index (κ3) is 6.77. The van der Waals surface area contributed by atoms with E-state index in [0.717, 1.165) is 12.1 Å². The number of aromatic nitrogens is 8. The monoisotopic (exact) mass is 771 g/mol. The molecule has 2 aliphatic rings. The third-order valence-corrected chi connectivity index (χ3v) is 10.3. The number of imidazole rings is 1. The quantitative estimate of drug-likeness (QED) is 0.229. The molecule has 2 aromatic carbocycles. The number of fused-ring (bicyclic) bond motifs is 6. The van der Waals surface area contributed by atoms with Crippen molar-refractivity contribution in [2.24, 2.45) is 0 Å². The summed E-state index contributed by atoms with van der Waals surface area (Å²) in [4.78, 5) is 41.8. The molecule has 56 heavy (non-hydrogen) atoms. The number of carbonyl (C=O) groups excluding carboxylic acids is 1. The Kier molecular flexibility index (Phi) is 10.0. The zero-order chi connectivity index (χ0) is 39.2. The minimum absolute atomic E-state index is 0.0510. The Balaban J connectivity index is 1.27. The smallest absolute Gasteiger partial charge is 0.245 e. The Labute approximate surface area is 319 Å². The minimum Gasteiger partial charge on any atom is -0.396 e. The highest BCUT2D eigenvalue weighted by Crippen LogP contribution is 2.36. The molecule has 1 saturated heterocycles. The summed E-state index contributed by atoms with van der Waals surface area (Å²) in [5.74, 6) is -1.56. The van der Waals surface area contributed by atoms with Gasteiger partial charge in [-0.15, -0.1) is 0 Å². The number of carbonyl (C=O) groups is 1. The summed E-state index contributed by atoms with van der Waals surface area (Å²) in [5.41, 5.74) is 2.31. The normalized spacial score (nSPS) is 19.4. The van der Waals surface area contributed by atoms with E-state index in [-0.39, 0.29) is 55.3 Å². The number of aliphatic hydroxyl groups is 1. The number of benzene rings is 2. The SMILES string of the molecule is CCO[C@H]1CN(C)C(=O)[C@@H]2C[C@@H](CN2c2nc(C(CO)COC)nc3c2cnn3-c2ccc(F)cc2F)Nc2nccc(n2)-c2cc(F)cc3nc(C)n(c23)C1. The van der Waals surface area contributed by atoms with Crippen molar-refractivity contribution >= 4 is 39.7 Å². The maximum Gasteiger partial charge on any atom is 0.245 e. The number of aliphatic hydroxyl groups excluding tert-OH is 1. The molecule has 6 aromatic rings. The summed E-state index contributed by atoms with van der Waals surface area (Å²) in [6.45, 7) is 4.57. The van der Waals surface area contributed by atoms with Gasteiger partial charge in [0.1, 0.15) is 40.8 Å². The second kappa shape index (κ2) is 15.1. The minimum atomic E-state index is -0.858. The molecule has 6 heterocycles. The van der Waals surface area contributed by atoms with E-state index in [1.54, 1.807) is 24.2 Å². The maximum atomic E-state index is 15.2. The zero-order valence-corrected chi connectivity index (χ0v) is 31.2. The van der Waals surface area contributed by atoms with Gasteiger partial charge in [0.25, 0.3) is 0 Å². The van der Waals surface area contributed by atoms with Gasteiger partial charge in [-0.1, -0.05) is 0 Å². The Bertz CT molecular complexity index is 2440. The van der Waals surface area contributed by atoms with Crippen LogP contribution in [-0.4, -0.2) is 120 Å². The molecular formula is C38H40F3N11O4. The lowest BCUT2D eigenvalue weighted by atomic mass is 10.1. The number of hydrogen-bond donors (Lipinski definition) is 2. The zero-order valence-electron chi connectivity index (χ0n) is 31.2. The topological polar surface area (TPSA) is 161 Å². The lowest BCUT2D eigenvalue weighted by molar-refractivity contribution is -0.133. The van der Waals surface area contributed by atoms with Gasteiger partial charge < -0.3 is 34.3 Å². The first-order valence-electron chi connectivity index (χ1n) is 18.3. The predicted octanol–water partition coefficient (Wildman–Crippen LogP) is 4.01. The fourth-order valence-corrected chi connectivity index (χ4v) is 7.74. The summed E-state index contributed by atoms with van der Waals surface area (Å²) in [6, 6.07) is 6.49. The molecule has 0 aliphatic carbocycles. The lowest BCUT2D eigenvalue weighted by Crippen LogP contribution is -2.47. The number of nitrogens with one attached hydrogen (secondary N) is 1. The average Bonchev–Trinajstić information content (AvgIpc) is 3.87. The fraction of sp³-hybridized carbons (Fsp3) is 0.395. The summed E-state index contributed by atoms with van der Waals surface area (Å²) in [7, 11) is 3.20. The van der Waals surface area contributed by atoms with Gasteiger partial charge in [0.2, 0.25) is 11.9 Å². The highest BCUT2D eigenvalue weighted by atomic mass is 19.1. The highest BCUT2D eigenvalue weighted by Gasteiger charge is 2.41. The largest absolute Gasteiger partial charge is 0.396 e. The van der Waals surface area contributed by atoms with Gasteiger partial charge in [0, 0.05) is 63.8 Å². The summed E-state index contributed by atoms with van der Waals surface area (Å²) < 4.78 is 59.1. The molecule has 1 fully saturated rings. The molecule has 0 saturated carbocycles. The molecule has 1 unspecified atom stereocenters. The van der Waals surface area contributed by atoms with Crippen LogP contribution in [-0.2, 0) is 20.8 Å². The number of ether oxygens (including phenoxy) is 2. The average molecular weight is 772 g/mol. The van der Waals surface area contributed by atoms with Gasteiger partial charge in [-0.05, 0) is 44.5 Å². The molecule has 2 N–H and O–H groups in total. The van der Waals surface area contributed by atoms with Crippen molar-refractivity contribution in [1.82, 2.24) is 44.2 Å². The molecule has 0 radical (unpaired) electrons. The van der Waals surface area contributed by atoms with Crippen LogP contribution in [0.4, 0.5) is 24.9 Å². The molecule has 15 nitrogen and oxygen atoms in total. The number of likely N-dealkylation sites (N-methyl/N-ethyl adjacent to an activating group) is 1. The summed E-state index contributed by atoms with van der Waals surface area (Å²) >= 11 is 0. The van der Waals surface area contributed by atoms with Gasteiger partial charge in [-0.25, -0.2) is 42.8 Å². The summed E-state index contributed by atoms with van der Waals surface area (Å²) in [5, 5.41) is 18.6. The van der Waals surface area contributed by atoms with Crippen molar-refractivity contribution in [2.45, 2.75) is 50.9 Å². The number of amides is 1. The molecule has 18 heteroatoms.